The minimum atomic E-state index is -0.808. The molecule has 1 N–H and O–H groups in total. The lowest BCUT2D eigenvalue weighted by Crippen LogP contribution is -2.35. The SMILES string of the molecule is COc1ccc(CN2C[C@@H]3CC[C@@](O)(c4ccc(C)cn4)[C@@H]3C2)c(OC)c1. The van der Waals surface area contributed by atoms with Gasteiger partial charge in [0.1, 0.15) is 17.1 Å². The first kappa shape index (κ1) is 18.3. The van der Waals surface area contributed by atoms with Gasteiger partial charge in [-0.3, -0.25) is 9.88 Å². The third kappa shape index (κ3) is 3.30. The van der Waals surface area contributed by atoms with Gasteiger partial charge in [0.2, 0.25) is 0 Å². The van der Waals surface area contributed by atoms with E-state index in [1.807, 2.05) is 37.4 Å². The summed E-state index contributed by atoms with van der Waals surface area (Å²) in [6.07, 6.45) is 3.71. The van der Waals surface area contributed by atoms with Gasteiger partial charge < -0.3 is 14.6 Å². The molecule has 1 saturated heterocycles. The van der Waals surface area contributed by atoms with Crippen LogP contribution < -0.4 is 9.47 Å². The normalized spacial score (nSPS) is 27.6. The molecule has 0 radical (unpaired) electrons. The fraction of sp³-hybridized carbons (Fsp3) is 0.500. The second-order valence-electron chi connectivity index (χ2n) is 7.92. The van der Waals surface area contributed by atoms with Crippen LogP contribution in [0.25, 0.3) is 0 Å². The fourth-order valence-electron chi connectivity index (χ4n) is 4.78. The summed E-state index contributed by atoms with van der Waals surface area (Å²) in [4.78, 5) is 6.97. The molecular formula is C22H28N2O3. The van der Waals surface area contributed by atoms with E-state index < -0.39 is 5.60 Å². The molecule has 3 atom stereocenters. The van der Waals surface area contributed by atoms with Crippen LogP contribution in [-0.4, -0.2) is 42.3 Å². The lowest BCUT2D eigenvalue weighted by Gasteiger charge is -2.30. The Labute approximate surface area is 160 Å². The number of aromatic nitrogens is 1. The van der Waals surface area contributed by atoms with Gasteiger partial charge in [-0.2, -0.15) is 0 Å². The van der Waals surface area contributed by atoms with Gasteiger partial charge in [0.25, 0.3) is 0 Å². The van der Waals surface area contributed by atoms with E-state index in [0.29, 0.717) is 5.92 Å². The first-order valence-corrected chi connectivity index (χ1v) is 9.62. The molecule has 4 rings (SSSR count). The largest absolute Gasteiger partial charge is 0.497 e. The topological polar surface area (TPSA) is 54.8 Å². The van der Waals surface area contributed by atoms with Crippen LogP contribution in [-0.2, 0) is 12.1 Å². The van der Waals surface area contributed by atoms with E-state index in [0.717, 1.165) is 60.8 Å². The number of likely N-dealkylation sites (tertiary alicyclic amines) is 1. The lowest BCUT2D eigenvalue weighted by atomic mass is 9.85. The molecule has 0 unspecified atom stereocenters. The molecule has 144 valence electrons. The molecule has 1 saturated carbocycles. The highest BCUT2D eigenvalue weighted by atomic mass is 16.5. The van der Waals surface area contributed by atoms with Crippen LogP contribution in [0.2, 0.25) is 0 Å². The highest BCUT2D eigenvalue weighted by Crippen LogP contribution is 2.50. The van der Waals surface area contributed by atoms with Crippen molar-refractivity contribution in [2.75, 3.05) is 27.3 Å². The molecule has 1 aromatic heterocycles. The summed E-state index contributed by atoms with van der Waals surface area (Å²) >= 11 is 0. The standard InChI is InChI=1S/C22H28N2O3/c1-15-4-7-21(23-11-15)22(25)9-8-16-12-24(14-19(16)22)13-17-5-6-18(26-2)10-20(17)27-3/h4-7,10-11,16,19,25H,8-9,12-14H2,1-3H3/t16-,19+,22-/m0/s1. The number of fused-ring (bicyclic) bond motifs is 1. The molecule has 1 aliphatic heterocycles. The Morgan fingerprint density at radius 3 is 2.74 bits per heavy atom. The van der Waals surface area contributed by atoms with Gasteiger partial charge in [0.15, 0.2) is 0 Å². The first-order valence-electron chi connectivity index (χ1n) is 9.62. The maximum atomic E-state index is 11.4. The van der Waals surface area contributed by atoms with E-state index in [9.17, 15) is 5.11 Å². The molecule has 0 bridgehead atoms. The summed E-state index contributed by atoms with van der Waals surface area (Å²) in [6, 6.07) is 10.0. The molecule has 2 aromatic rings. The van der Waals surface area contributed by atoms with E-state index in [1.54, 1.807) is 14.2 Å². The molecule has 2 aliphatic rings. The zero-order valence-electron chi connectivity index (χ0n) is 16.3. The second kappa shape index (κ2) is 7.13. The quantitative estimate of drug-likeness (QED) is 0.879. The molecule has 1 aliphatic carbocycles. The molecule has 1 aromatic carbocycles. The first-order chi connectivity index (χ1) is 13.0. The summed E-state index contributed by atoms with van der Waals surface area (Å²) in [7, 11) is 3.36. The number of benzene rings is 1. The van der Waals surface area contributed by atoms with Crippen molar-refractivity contribution in [3.05, 3.63) is 53.3 Å². The molecule has 2 fully saturated rings. The van der Waals surface area contributed by atoms with Gasteiger partial charge in [-0.15, -0.1) is 0 Å². The van der Waals surface area contributed by atoms with Crippen molar-refractivity contribution in [3.63, 3.8) is 0 Å². The third-order valence-corrected chi connectivity index (χ3v) is 6.27. The van der Waals surface area contributed by atoms with E-state index in [4.69, 9.17) is 9.47 Å². The molecule has 2 heterocycles. The Bertz CT molecular complexity index is 808. The molecule has 0 amide bonds. The highest BCUT2D eigenvalue weighted by molar-refractivity contribution is 5.40. The average molecular weight is 368 g/mol. The second-order valence-corrected chi connectivity index (χ2v) is 7.92. The predicted octanol–water partition coefficient (Wildman–Crippen LogP) is 3.14. The lowest BCUT2D eigenvalue weighted by molar-refractivity contribution is -0.0108. The van der Waals surface area contributed by atoms with Crippen molar-refractivity contribution in [1.82, 2.24) is 9.88 Å². The predicted molar refractivity (Wildman–Crippen MR) is 104 cm³/mol. The summed E-state index contributed by atoms with van der Waals surface area (Å²) in [5.74, 6) is 2.40. The number of aliphatic hydroxyl groups is 1. The summed E-state index contributed by atoms with van der Waals surface area (Å²) in [6.45, 7) is 4.73. The molecular weight excluding hydrogens is 340 g/mol. The van der Waals surface area contributed by atoms with Crippen LogP contribution in [0.5, 0.6) is 11.5 Å². The Balaban J connectivity index is 1.51. The number of methoxy groups -OCH3 is 2. The van der Waals surface area contributed by atoms with E-state index in [1.165, 1.54) is 0 Å². The smallest absolute Gasteiger partial charge is 0.127 e. The maximum absolute atomic E-state index is 11.4. The Morgan fingerprint density at radius 2 is 2.04 bits per heavy atom. The van der Waals surface area contributed by atoms with Crippen molar-refractivity contribution >= 4 is 0 Å². The third-order valence-electron chi connectivity index (χ3n) is 6.27. The van der Waals surface area contributed by atoms with Gasteiger partial charge in [-0.1, -0.05) is 12.1 Å². The van der Waals surface area contributed by atoms with Crippen LogP contribution in [0.15, 0.2) is 36.5 Å². The van der Waals surface area contributed by atoms with Gasteiger partial charge in [0.05, 0.1) is 19.9 Å². The summed E-state index contributed by atoms with van der Waals surface area (Å²) < 4.78 is 10.8. The number of hydrogen-bond donors (Lipinski definition) is 1. The highest BCUT2D eigenvalue weighted by Gasteiger charge is 2.53. The summed E-state index contributed by atoms with van der Waals surface area (Å²) in [5, 5.41) is 11.4. The van der Waals surface area contributed by atoms with Crippen molar-refractivity contribution in [3.8, 4) is 11.5 Å². The Hall–Kier alpha value is -2.11. The Kier molecular flexibility index (Phi) is 4.82. The van der Waals surface area contributed by atoms with Gasteiger partial charge in [-0.25, -0.2) is 0 Å². The molecule has 5 heteroatoms. The fourth-order valence-corrected chi connectivity index (χ4v) is 4.78. The molecule has 0 spiro atoms. The molecule has 27 heavy (non-hydrogen) atoms. The van der Waals surface area contributed by atoms with Crippen molar-refractivity contribution in [2.24, 2.45) is 11.8 Å². The van der Waals surface area contributed by atoms with Crippen molar-refractivity contribution in [1.29, 1.82) is 0 Å². The van der Waals surface area contributed by atoms with Crippen molar-refractivity contribution in [2.45, 2.75) is 31.9 Å². The van der Waals surface area contributed by atoms with E-state index >= 15 is 0 Å². The minimum Gasteiger partial charge on any atom is -0.497 e. The number of aryl methyl sites for hydroxylation is 1. The number of nitrogens with zero attached hydrogens (tertiary/aromatic N) is 2. The minimum absolute atomic E-state index is 0.233. The van der Waals surface area contributed by atoms with E-state index in [-0.39, 0.29) is 5.92 Å². The van der Waals surface area contributed by atoms with Crippen LogP contribution in [0.1, 0.15) is 29.7 Å². The number of ether oxygens (including phenoxy) is 2. The van der Waals surface area contributed by atoms with E-state index in [2.05, 4.69) is 16.0 Å². The number of rotatable bonds is 5. The molecule has 5 nitrogen and oxygen atoms in total. The van der Waals surface area contributed by atoms with Crippen LogP contribution in [0, 0.1) is 18.8 Å². The van der Waals surface area contributed by atoms with Crippen LogP contribution in [0.3, 0.4) is 0 Å². The maximum Gasteiger partial charge on any atom is 0.127 e. The Morgan fingerprint density at radius 1 is 1.19 bits per heavy atom. The van der Waals surface area contributed by atoms with Gasteiger partial charge in [0, 0.05) is 43.4 Å². The zero-order chi connectivity index (χ0) is 19.0. The number of hydrogen-bond acceptors (Lipinski definition) is 5. The van der Waals surface area contributed by atoms with Gasteiger partial charge >= 0.3 is 0 Å². The van der Waals surface area contributed by atoms with Gasteiger partial charge in [-0.05, 0) is 43.4 Å². The van der Waals surface area contributed by atoms with Crippen molar-refractivity contribution < 1.29 is 14.6 Å². The summed E-state index contributed by atoms with van der Waals surface area (Å²) in [5.41, 5.74) is 2.29. The average Bonchev–Trinajstić information content (AvgIpc) is 3.23. The monoisotopic (exact) mass is 368 g/mol. The zero-order valence-corrected chi connectivity index (χ0v) is 16.3. The van der Waals surface area contributed by atoms with Crippen LogP contribution in [0.4, 0.5) is 0 Å². The number of pyridine rings is 1. The van der Waals surface area contributed by atoms with Crippen LogP contribution >= 0.6 is 0 Å².